The summed E-state index contributed by atoms with van der Waals surface area (Å²) < 4.78 is 5.80. The molecule has 0 saturated heterocycles. The fourth-order valence-corrected chi connectivity index (χ4v) is 3.44. The molecule has 0 heterocycles. The summed E-state index contributed by atoms with van der Waals surface area (Å²) in [6, 6.07) is 19.8. The molecular formula is C25H37NO. The van der Waals surface area contributed by atoms with Gasteiger partial charge in [-0.15, -0.1) is 0 Å². The molecule has 0 radical (unpaired) electrons. The highest BCUT2D eigenvalue weighted by atomic mass is 16.5. The topological polar surface area (TPSA) is 21.3 Å². The van der Waals surface area contributed by atoms with Gasteiger partial charge < -0.3 is 10.1 Å². The third kappa shape index (κ3) is 7.76. The maximum Gasteiger partial charge on any atom is 0.119 e. The molecule has 2 rings (SSSR count). The van der Waals surface area contributed by atoms with E-state index in [1.54, 1.807) is 0 Å². The summed E-state index contributed by atoms with van der Waals surface area (Å²) in [5, 5.41) is 3.70. The van der Waals surface area contributed by atoms with Crippen molar-refractivity contribution < 1.29 is 4.74 Å². The number of hydrogen-bond acceptors (Lipinski definition) is 2. The van der Waals surface area contributed by atoms with Crippen LogP contribution in [-0.2, 0) is 0 Å². The van der Waals surface area contributed by atoms with Crippen molar-refractivity contribution in [3.63, 3.8) is 0 Å². The highest BCUT2D eigenvalue weighted by Gasteiger charge is 2.14. The zero-order chi connectivity index (χ0) is 19.6. The fourth-order valence-electron chi connectivity index (χ4n) is 3.44. The number of rotatable bonds is 11. The molecule has 0 fully saturated rings. The molecule has 148 valence electrons. The van der Waals surface area contributed by atoms with Gasteiger partial charge >= 0.3 is 0 Å². The average molecular weight is 368 g/mol. The van der Waals surface area contributed by atoms with E-state index in [1.165, 1.54) is 24.0 Å². The van der Waals surface area contributed by atoms with Gasteiger partial charge in [-0.2, -0.15) is 0 Å². The van der Waals surface area contributed by atoms with Crippen LogP contribution in [0.25, 0.3) is 0 Å². The minimum atomic E-state index is 0.219. The van der Waals surface area contributed by atoms with Gasteiger partial charge in [-0.05, 0) is 75.3 Å². The predicted octanol–water partition coefficient (Wildman–Crippen LogP) is 6.73. The van der Waals surface area contributed by atoms with E-state index in [2.05, 4.69) is 94.5 Å². The Morgan fingerprint density at radius 3 is 2.00 bits per heavy atom. The highest BCUT2D eigenvalue weighted by Crippen LogP contribution is 2.28. The van der Waals surface area contributed by atoms with Crippen molar-refractivity contribution in [1.29, 1.82) is 0 Å². The zero-order valence-electron chi connectivity index (χ0n) is 17.7. The molecule has 27 heavy (non-hydrogen) atoms. The van der Waals surface area contributed by atoms with Crippen molar-refractivity contribution >= 4 is 0 Å². The molecule has 0 aliphatic carbocycles. The summed E-state index contributed by atoms with van der Waals surface area (Å²) in [6.45, 7) is 12.0. The molecule has 2 atom stereocenters. The lowest BCUT2D eigenvalue weighted by Gasteiger charge is -2.21. The van der Waals surface area contributed by atoms with Gasteiger partial charge in [0.1, 0.15) is 5.75 Å². The van der Waals surface area contributed by atoms with E-state index in [0.29, 0.717) is 12.0 Å². The summed E-state index contributed by atoms with van der Waals surface area (Å²) >= 11 is 0. The molecule has 2 unspecified atom stereocenters. The van der Waals surface area contributed by atoms with Crippen molar-refractivity contribution in [3.8, 4) is 5.75 Å². The van der Waals surface area contributed by atoms with Crippen molar-refractivity contribution in [1.82, 2.24) is 5.32 Å². The van der Waals surface area contributed by atoms with Crippen LogP contribution < -0.4 is 10.1 Å². The van der Waals surface area contributed by atoms with E-state index in [-0.39, 0.29) is 6.10 Å². The first-order valence-corrected chi connectivity index (χ1v) is 10.5. The van der Waals surface area contributed by atoms with Crippen LogP contribution in [0.5, 0.6) is 5.75 Å². The molecule has 0 spiro atoms. The minimum absolute atomic E-state index is 0.219. The molecule has 0 aliphatic rings. The molecule has 2 aromatic carbocycles. The predicted molar refractivity (Wildman–Crippen MR) is 116 cm³/mol. The number of benzene rings is 2. The smallest absolute Gasteiger partial charge is 0.119 e. The fraction of sp³-hybridized carbons (Fsp3) is 0.520. The Morgan fingerprint density at radius 1 is 0.741 bits per heavy atom. The van der Waals surface area contributed by atoms with E-state index >= 15 is 0 Å². The molecule has 2 aromatic rings. The van der Waals surface area contributed by atoms with Gasteiger partial charge in [0.2, 0.25) is 0 Å². The Bertz CT molecular complexity index is 633. The van der Waals surface area contributed by atoms with Crippen LogP contribution >= 0.6 is 0 Å². The molecular weight excluding hydrogens is 330 g/mol. The summed E-state index contributed by atoms with van der Waals surface area (Å²) in [6.07, 6.45) is 3.89. The highest BCUT2D eigenvalue weighted by molar-refractivity contribution is 5.29. The standard InChI is InChI=1S/C25H37NO/c1-19(2)11-12-24(23-13-15-25(16-14-23)27-20(3)4)17-18-26-21(5)22-9-7-6-8-10-22/h6-10,13-16,19-21,24,26H,11-12,17-18H2,1-5H3. The van der Waals surface area contributed by atoms with E-state index < -0.39 is 0 Å². The lowest BCUT2D eigenvalue weighted by atomic mass is 9.88. The van der Waals surface area contributed by atoms with Crippen molar-refractivity contribution in [2.24, 2.45) is 5.92 Å². The first-order valence-electron chi connectivity index (χ1n) is 10.5. The van der Waals surface area contributed by atoms with Gasteiger partial charge in [-0.1, -0.05) is 62.7 Å². The second-order valence-corrected chi connectivity index (χ2v) is 8.28. The van der Waals surface area contributed by atoms with Gasteiger partial charge in [0.15, 0.2) is 0 Å². The molecule has 2 heteroatoms. The van der Waals surface area contributed by atoms with E-state index in [0.717, 1.165) is 24.6 Å². The number of ether oxygens (including phenoxy) is 1. The molecule has 1 N–H and O–H groups in total. The van der Waals surface area contributed by atoms with Gasteiger partial charge in [0.05, 0.1) is 6.10 Å². The summed E-state index contributed by atoms with van der Waals surface area (Å²) in [4.78, 5) is 0. The Labute approximate surface area is 166 Å². The number of nitrogens with one attached hydrogen (secondary N) is 1. The van der Waals surface area contributed by atoms with Crippen LogP contribution in [0, 0.1) is 5.92 Å². The Morgan fingerprint density at radius 2 is 1.41 bits per heavy atom. The molecule has 0 aliphatic heterocycles. The second-order valence-electron chi connectivity index (χ2n) is 8.28. The number of hydrogen-bond donors (Lipinski definition) is 1. The molecule has 0 aromatic heterocycles. The maximum absolute atomic E-state index is 5.80. The van der Waals surface area contributed by atoms with Crippen LogP contribution in [0.1, 0.15) is 77.0 Å². The zero-order valence-corrected chi connectivity index (χ0v) is 17.7. The second kappa shape index (κ2) is 11.1. The third-order valence-corrected chi connectivity index (χ3v) is 5.06. The Kier molecular flexibility index (Phi) is 8.87. The van der Waals surface area contributed by atoms with Crippen LogP contribution in [-0.4, -0.2) is 12.6 Å². The van der Waals surface area contributed by atoms with E-state index in [1.807, 2.05) is 0 Å². The molecule has 0 saturated carbocycles. The molecule has 0 bridgehead atoms. The largest absolute Gasteiger partial charge is 0.491 e. The van der Waals surface area contributed by atoms with Crippen LogP contribution in [0.15, 0.2) is 54.6 Å². The third-order valence-electron chi connectivity index (χ3n) is 5.06. The van der Waals surface area contributed by atoms with Crippen LogP contribution in [0.3, 0.4) is 0 Å². The normalized spacial score (nSPS) is 13.7. The van der Waals surface area contributed by atoms with Gasteiger partial charge in [0, 0.05) is 6.04 Å². The van der Waals surface area contributed by atoms with Crippen LogP contribution in [0.2, 0.25) is 0 Å². The quantitative estimate of drug-likeness (QED) is 0.475. The monoisotopic (exact) mass is 367 g/mol. The lowest BCUT2D eigenvalue weighted by Crippen LogP contribution is -2.21. The Balaban J connectivity index is 1.95. The SMILES string of the molecule is CC(C)CCC(CCNC(C)c1ccccc1)c1ccc(OC(C)C)cc1. The van der Waals surface area contributed by atoms with E-state index in [4.69, 9.17) is 4.74 Å². The summed E-state index contributed by atoms with van der Waals surface area (Å²) in [7, 11) is 0. The molecule has 0 amide bonds. The first-order chi connectivity index (χ1) is 13.0. The van der Waals surface area contributed by atoms with Crippen molar-refractivity contribution in [3.05, 3.63) is 65.7 Å². The summed E-state index contributed by atoms with van der Waals surface area (Å²) in [5.74, 6) is 2.30. The molecule has 2 nitrogen and oxygen atoms in total. The van der Waals surface area contributed by atoms with Gasteiger partial charge in [0.25, 0.3) is 0 Å². The maximum atomic E-state index is 5.80. The van der Waals surface area contributed by atoms with E-state index in [9.17, 15) is 0 Å². The van der Waals surface area contributed by atoms with Crippen molar-refractivity contribution in [2.45, 2.75) is 71.9 Å². The Hall–Kier alpha value is -1.80. The average Bonchev–Trinajstić information content (AvgIpc) is 2.65. The first kappa shape index (κ1) is 21.5. The van der Waals surface area contributed by atoms with Crippen molar-refractivity contribution in [2.75, 3.05) is 6.54 Å². The summed E-state index contributed by atoms with van der Waals surface area (Å²) in [5.41, 5.74) is 2.78. The van der Waals surface area contributed by atoms with Gasteiger partial charge in [-0.3, -0.25) is 0 Å². The lowest BCUT2D eigenvalue weighted by molar-refractivity contribution is 0.242. The van der Waals surface area contributed by atoms with Crippen LogP contribution in [0.4, 0.5) is 0 Å². The van der Waals surface area contributed by atoms with Gasteiger partial charge in [-0.25, -0.2) is 0 Å². The minimum Gasteiger partial charge on any atom is -0.491 e.